The second-order valence-electron chi connectivity index (χ2n) is 7.99. The molecule has 2 N–H and O–H groups in total. The van der Waals surface area contributed by atoms with E-state index in [0.29, 0.717) is 5.56 Å². The van der Waals surface area contributed by atoms with Crippen LogP contribution in [0.25, 0.3) is 0 Å². The number of benzene rings is 2. The molecule has 2 aliphatic rings. The first-order chi connectivity index (χ1) is 14.2. The summed E-state index contributed by atoms with van der Waals surface area (Å²) >= 11 is 0. The Labute approximate surface area is 172 Å². The van der Waals surface area contributed by atoms with Crippen LogP contribution in [0.5, 0.6) is 0 Å². The molecule has 1 aliphatic heterocycles. The van der Waals surface area contributed by atoms with Gasteiger partial charge in [0.1, 0.15) is 0 Å². The van der Waals surface area contributed by atoms with Gasteiger partial charge in [0, 0.05) is 24.3 Å². The Hall–Kier alpha value is -2.82. The van der Waals surface area contributed by atoms with Crippen molar-refractivity contribution in [2.24, 2.45) is 0 Å². The summed E-state index contributed by atoms with van der Waals surface area (Å²) < 4.78 is 0. The minimum atomic E-state index is -0.214. The molecule has 152 valence electrons. The largest absolute Gasteiger partial charge is 0.372 e. The van der Waals surface area contributed by atoms with Crippen molar-refractivity contribution in [3.05, 3.63) is 65.2 Å². The molecule has 1 unspecified atom stereocenters. The molecule has 1 fully saturated rings. The molecule has 2 aromatic carbocycles. The molecule has 2 aromatic rings. The molecule has 1 aliphatic carbocycles. The van der Waals surface area contributed by atoms with E-state index in [-0.39, 0.29) is 24.4 Å². The van der Waals surface area contributed by atoms with Crippen LogP contribution in [0.15, 0.2) is 48.5 Å². The van der Waals surface area contributed by atoms with E-state index in [1.165, 1.54) is 30.4 Å². The number of rotatable bonds is 5. The molecule has 0 bridgehead atoms. The first kappa shape index (κ1) is 19.5. The number of fused-ring (bicyclic) bond motifs is 1. The predicted octanol–water partition coefficient (Wildman–Crippen LogP) is 3.60. The Kier molecular flexibility index (Phi) is 6.13. The number of nitrogens with one attached hydrogen (secondary N) is 2. The zero-order valence-corrected chi connectivity index (χ0v) is 16.8. The Morgan fingerprint density at radius 1 is 0.931 bits per heavy atom. The molecule has 1 atom stereocenters. The molecule has 29 heavy (non-hydrogen) atoms. The number of nitrogens with zero attached hydrogens (tertiary/aromatic N) is 1. The van der Waals surface area contributed by atoms with E-state index in [4.69, 9.17) is 0 Å². The van der Waals surface area contributed by atoms with E-state index in [0.717, 1.165) is 38.0 Å². The summed E-state index contributed by atoms with van der Waals surface area (Å²) in [6.07, 6.45) is 6.82. The van der Waals surface area contributed by atoms with E-state index in [9.17, 15) is 9.59 Å². The smallest absolute Gasteiger partial charge is 0.251 e. The Morgan fingerprint density at radius 2 is 1.69 bits per heavy atom. The van der Waals surface area contributed by atoms with Crippen molar-refractivity contribution in [3.63, 3.8) is 0 Å². The third kappa shape index (κ3) is 4.78. The maximum absolute atomic E-state index is 12.4. The highest BCUT2D eigenvalue weighted by Crippen LogP contribution is 2.29. The van der Waals surface area contributed by atoms with Crippen LogP contribution >= 0.6 is 0 Å². The normalized spacial score (nSPS) is 18.6. The van der Waals surface area contributed by atoms with Crippen LogP contribution in [0.4, 0.5) is 5.69 Å². The zero-order valence-electron chi connectivity index (χ0n) is 16.8. The highest BCUT2D eigenvalue weighted by molar-refractivity contribution is 5.96. The maximum atomic E-state index is 12.4. The standard InChI is InChI=1S/C24H29N3O2/c28-23(26-22-10-6-8-18-7-2-3-9-21(18)22)17-25-24(29)19-11-13-20(14-12-19)27-15-4-1-5-16-27/h2-3,7,9,11-14,22H,1,4-6,8,10,15-17H2,(H,25,29)(H,26,28). The number of aryl methyl sites for hydroxylation is 1. The molecule has 4 rings (SSSR count). The van der Waals surface area contributed by atoms with Gasteiger partial charge in [-0.2, -0.15) is 0 Å². The minimum absolute atomic E-state index is 0.00855. The van der Waals surface area contributed by atoms with Crippen LogP contribution in [0, 0.1) is 0 Å². The van der Waals surface area contributed by atoms with Crippen LogP contribution in [0.1, 0.15) is 59.6 Å². The number of carbonyl (C=O) groups excluding carboxylic acids is 2. The summed E-state index contributed by atoms with van der Waals surface area (Å²) in [6.45, 7) is 2.15. The topological polar surface area (TPSA) is 61.4 Å². The van der Waals surface area contributed by atoms with E-state index >= 15 is 0 Å². The number of hydrogen-bond acceptors (Lipinski definition) is 3. The van der Waals surface area contributed by atoms with Crippen molar-refractivity contribution in [1.29, 1.82) is 0 Å². The van der Waals surface area contributed by atoms with E-state index in [1.54, 1.807) is 0 Å². The number of piperidine rings is 1. The van der Waals surface area contributed by atoms with Gasteiger partial charge in [-0.15, -0.1) is 0 Å². The maximum Gasteiger partial charge on any atom is 0.251 e. The van der Waals surface area contributed by atoms with Gasteiger partial charge in [-0.05, 0) is 73.9 Å². The lowest BCUT2D eigenvalue weighted by molar-refractivity contribution is -0.121. The molecule has 1 heterocycles. The van der Waals surface area contributed by atoms with Crippen LogP contribution in [-0.2, 0) is 11.2 Å². The molecule has 0 radical (unpaired) electrons. The van der Waals surface area contributed by atoms with E-state index in [2.05, 4.69) is 27.7 Å². The molecular weight excluding hydrogens is 362 g/mol. The quantitative estimate of drug-likeness (QED) is 0.819. The monoisotopic (exact) mass is 391 g/mol. The lowest BCUT2D eigenvalue weighted by Crippen LogP contribution is -2.39. The highest BCUT2D eigenvalue weighted by Gasteiger charge is 2.21. The second kappa shape index (κ2) is 9.12. The fraction of sp³-hybridized carbons (Fsp3) is 0.417. The van der Waals surface area contributed by atoms with Gasteiger partial charge in [-0.25, -0.2) is 0 Å². The molecule has 2 amide bonds. The Balaban J connectivity index is 1.29. The van der Waals surface area contributed by atoms with Gasteiger partial charge < -0.3 is 15.5 Å². The summed E-state index contributed by atoms with van der Waals surface area (Å²) in [4.78, 5) is 27.2. The fourth-order valence-corrected chi connectivity index (χ4v) is 4.39. The Morgan fingerprint density at radius 3 is 2.48 bits per heavy atom. The average Bonchev–Trinajstić information content (AvgIpc) is 2.78. The average molecular weight is 392 g/mol. The molecule has 5 heteroatoms. The van der Waals surface area contributed by atoms with Crippen molar-refractivity contribution in [1.82, 2.24) is 10.6 Å². The fourth-order valence-electron chi connectivity index (χ4n) is 4.39. The number of hydrogen-bond donors (Lipinski definition) is 2. The van der Waals surface area contributed by atoms with Crippen LogP contribution < -0.4 is 15.5 Å². The van der Waals surface area contributed by atoms with Gasteiger partial charge in [-0.3, -0.25) is 9.59 Å². The summed E-state index contributed by atoms with van der Waals surface area (Å²) in [5.74, 6) is -0.362. The van der Waals surface area contributed by atoms with Gasteiger partial charge in [0.2, 0.25) is 5.91 Å². The first-order valence-corrected chi connectivity index (χ1v) is 10.7. The van der Waals surface area contributed by atoms with E-state index in [1.807, 2.05) is 36.4 Å². The second-order valence-corrected chi connectivity index (χ2v) is 7.99. The SMILES string of the molecule is O=C(CNC(=O)c1ccc(N2CCCCC2)cc1)NC1CCCc2ccccc21. The third-order valence-corrected chi connectivity index (χ3v) is 5.96. The molecule has 0 saturated carbocycles. The third-order valence-electron chi connectivity index (χ3n) is 5.96. The summed E-state index contributed by atoms with van der Waals surface area (Å²) in [5, 5.41) is 5.82. The summed E-state index contributed by atoms with van der Waals surface area (Å²) in [6, 6.07) is 16.0. The highest BCUT2D eigenvalue weighted by atomic mass is 16.2. The van der Waals surface area contributed by atoms with Crippen LogP contribution in [-0.4, -0.2) is 31.4 Å². The van der Waals surface area contributed by atoms with Gasteiger partial charge in [0.05, 0.1) is 12.6 Å². The molecule has 0 spiro atoms. The molecule has 1 saturated heterocycles. The number of amides is 2. The van der Waals surface area contributed by atoms with Crippen molar-refractivity contribution < 1.29 is 9.59 Å². The van der Waals surface area contributed by atoms with Gasteiger partial charge in [0.15, 0.2) is 0 Å². The van der Waals surface area contributed by atoms with Gasteiger partial charge >= 0.3 is 0 Å². The molecule has 0 aromatic heterocycles. The van der Waals surface area contributed by atoms with Crippen molar-refractivity contribution >= 4 is 17.5 Å². The Bertz CT molecular complexity index is 857. The van der Waals surface area contributed by atoms with Crippen molar-refractivity contribution in [2.75, 3.05) is 24.5 Å². The first-order valence-electron chi connectivity index (χ1n) is 10.7. The summed E-state index contributed by atoms with van der Waals surface area (Å²) in [5.41, 5.74) is 4.25. The van der Waals surface area contributed by atoms with Crippen molar-refractivity contribution in [2.45, 2.75) is 44.6 Å². The molecular formula is C24H29N3O2. The van der Waals surface area contributed by atoms with Crippen LogP contribution in [0.2, 0.25) is 0 Å². The van der Waals surface area contributed by atoms with Crippen LogP contribution in [0.3, 0.4) is 0 Å². The minimum Gasteiger partial charge on any atom is -0.372 e. The van der Waals surface area contributed by atoms with E-state index < -0.39 is 0 Å². The zero-order chi connectivity index (χ0) is 20.1. The predicted molar refractivity (Wildman–Crippen MR) is 115 cm³/mol. The number of anilines is 1. The lowest BCUT2D eigenvalue weighted by atomic mass is 9.88. The van der Waals surface area contributed by atoms with Gasteiger partial charge in [0.25, 0.3) is 5.91 Å². The van der Waals surface area contributed by atoms with Gasteiger partial charge in [-0.1, -0.05) is 24.3 Å². The van der Waals surface area contributed by atoms with Crippen molar-refractivity contribution in [3.8, 4) is 0 Å². The summed E-state index contributed by atoms with van der Waals surface area (Å²) in [7, 11) is 0. The molecule has 5 nitrogen and oxygen atoms in total. The lowest BCUT2D eigenvalue weighted by Gasteiger charge is -2.28. The number of carbonyl (C=O) groups is 2.